The number of carbonyl (C=O) groups is 2. The number of rotatable bonds is 9. The van der Waals surface area contributed by atoms with Gasteiger partial charge in [0.15, 0.2) is 0 Å². The molecule has 1 N–H and O–H groups in total. The number of nitrogens with zero attached hydrogens (tertiary/aromatic N) is 2. The molecular formula is C25H29BrF3N3O4S. The maximum atomic E-state index is 13.5. The number of alkyl halides is 3. The van der Waals surface area contributed by atoms with Gasteiger partial charge in [0.1, 0.15) is 12.6 Å². The van der Waals surface area contributed by atoms with E-state index in [4.69, 9.17) is 0 Å². The number of hydrogen-bond donors (Lipinski definition) is 1. The number of hydrogen-bond acceptors (Lipinski definition) is 4. The van der Waals surface area contributed by atoms with Crippen LogP contribution in [0.4, 0.5) is 18.9 Å². The highest BCUT2D eigenvalue weighted by atomic mass is 79.9. The van der Waals surface area contributed by atoms with Crippen molar-refractivity contribution in [2.45, 2.75) is 57.4 Å². The maximum Gasteiger partial charge on any atom is 0.416 e. The molecule has 0 bridgehead atoms. The highest BCUT2D eigenvalue weighted by Crippen LogP contribution is 2.32. The summed E-state index contributed by atoms with van der Waals surface area (Å²) in [7, 11) is -4.14. The summed E-state index contributed by atoms with van der Waals surface area (Å²) in [6.07, 6.45) is -0.186. The standard InChI is InChI=1S/C25H29BrF3N3O4S/c1-17(24(34)30-21-7-3-4-8-21)31(15-18-10-12-20(26)13-11-18)23(33)16-32(37(2,35)36)22-9-5-6-19(14-22)25(27,28)29/h5-6,9-14,17,21H,3-4,7-8,15-16H2,1-2H3,(H,30,34). The molecule has 0 radical (unpaired) electrons. The lowest BCUT2D eigenvalue weighted by Gasteiger charge is -2.32. The molecule has 1 aliphatic carbocycles. The molecule has 0 spiro atoms. The van der Waals surface area contributed by atoms with Gasteiger partial charge in [-0.3, -0.25) is 13.9 Å². The molecule has 2 aromatic carbocycles. The summed E-state index contributed by atoms with van der Waals surface area (Å²) < 4.78 is 66.4. The molecule has 1 aliphatic rings. The number of anilines is 1. The first-order chi connectivity index (χ1) is 17.3. The van der Waals surface area contributed by atoms with Crippen molar-refractivity contribution in [1.82, 2.24) is 10.2 Å². The second-order valence-corrected chi connectivity index (χ2v) is 12.0. The Labute approximate surface area is 223 Å². The lowest BCUT2D eigenvalue weighted by atomic mass is 10.1. The fraction of sp³-hybridized carbons (Fsp3) is 0.440. The average molecular weight is 604 g/mol. The fourth-order valence-corrected chi connectivity index (χ4v) is 5.32. The van der Waals surface area contributed by atoms with E-state index in [0.29, 0.717) is 15.9 Å². The molecule has 1 unspecified atom stereocenters. The molecule has 37 heavy (non-hydrogen) atoms. The van der Waals surface area contributed by atoms with Crippen molar-refractivity contribution in [2.75, 3.05) is 17.1 Å². The first kappa shape index (κ1) is 29.0. The zero-order valence-electron chi connectivity index (χ0n) is 20.5. The van der Waals surface area contributed by atoms with Gasteiger partial charge in [0.2, 0.25) is 21.8 Å². The fourth-order valence-electron chi connectivity index (χ4n) is 4.21. The Morgan fingerprint density at radius 3 is 2.30 bits per heavy atom. The molecule has 2 amide bonds. The quantitative estimate of drug-likeness (QED) is 0.450. The Bertz CT molecular complexity index is 1220. The van der Waals surface area contributed by atoms with Crippen LogP contribution in [0.3, 0.4) is 0 Å². The number of sulfonamides is 1. The van der Waals surface area contributed by atoms with Crippen LogP contribution in [0.1, 0.15) is 43.7 Å². The van der Waals surface area contributed by atoms with Crippen LogP contribution in [-0.2, 0) is 32.3 Å². The highest BCUT2D eigenvalue weighted by Gasteiger charge is 2.34. The van der Waals surface area contributed by atoms with Crippen LogP contribution in [0.15, 0.2) is 53.0 Å². The van der Waals surface area contributed by atoms with Crippen molar-refractivity contribution in [2.24, 2.45) is 0 Å². The van der Waals surface area contributed by atoms with Gasteiger partial charge >= 0.3 is 6.18 Å². The Hall–Kier alpha value is -2.60. The maximum absolute atomic E-state index is 13.5. The van der Waals surface area contributed by atoms with E-state index in [0.717, 1.165) is 48.5 Å². The Balaban J connectivity index is 1.91. The van der Waals surface area contributed by atoms with Gasteiger partial charge in [-0.1, -0.05) is 47.0 Å². The highest BCUT2D eigenvalue weighted by molar-refractivity contribution is 9.10. The van der Waals surface area contributed by atoms with Crippen LogP contribution in [-0.4, -0.2) is 50.0 Å². The van der Waals surface area contributed by atoms with E-state index in [2.05, 4.69) is 21.2 Å². The van der Waals surface area contributed by atoms with Crippen LogP contribution in [0.2, 0.25) is 0 Å². The molecule has 0 aliphatic heterocycles. The third-order valence-corrected chi connectivity index (χ3v) is 7.94. The molecule has 0 aromatic heterocycles. The van der Waals surface area contributed by atoms with Crippen LogP contribution in [0.5, 0.6) is 0 Å². The minimum absolute atomic E-state index is 0.00552. The SMILES string of the molecule is CC(C(=O)NC1CCCC1)N(Cc1ccc(Br)cc1)C(=O)CN(c1cccc(C(F)(F)F)c1)S(C)(=O)=O. The second kappa shape index (κ2) is 11.8. The molecule has 3 rings (SSSR count). The van der Waals surface area contributed by atoms with E-state index < -0.39 is 40.3 Å². The van der Waals surface area contributed by atoms with Crippen molar-refractivity contribution in [1.29, 1.82) is 0 Å². The van der Waals surface area contributed by atoms with Crippen molar-refractivity contribution in [3.05, 3.63) is 64.1 Å². The van der Waals surface area contributed by atoms with E-state index in [-0.39, 0.29) is 24.2 Å². The molecule has 2 aromatic rings. The summed E-state index contributed by atoms with van der Waals surface area (Å²) in [5.41, 5.74) is -0.638. The minimum Gasteiger partial charge on any atom is -0.352 e. The number of nitrogens with one attached hydrogen (secondary N) is 1. The zero-order chi connectivity index (χ0) is 27.4. The molecule has 1 atom stereocenters. The number of benzene rings is 2. The lowest BCUT2D eigenvalue weighted by molar-refractivity contribution is -0.139. The molecule has 202 valence electrons. The van der Waals surface area contributed by atoms with Gasteiger partial charge < -0.3 is 10.2 Å². The Morgan fingerprint density at radius 2 is 1.73 bits per heavy atom. The first-order valence-corrected chi connectivity index (χ1v) is 14.4. The van der Waals surface area contributed by atoms with E-state index in [9.17, 15) is 31.2 Å². The van der Waals surface area contributed by atoms with Gasteiger partial charge in [-0.2, -0.15) is 13.2 Å². The minimum atomic E-state index is -4.69. The first-order valence-electron chi connectivity index (χ1n) is 11.7. The summed E-state index contributed by atoms with van der Waals surface area (Å²) in [4.78, 5) is 27.8. The Kier molecular flexibility index (Phi) is 9.27. The van der Waals surface area contributed by atoms with E-state index in [1.54, 1.807) is 31.2 Å². The predicted octanol–water partition coefficient (Wildman–Crippen LogP) is 4.71. The predicted molar refractivity (Wildman–Crippen MR) is 138 cm³/mol. The van der Waals surface area contributed by atoms with Gasteiger partial charge in [-0.25, -0.2) is 8.42 Å². The molecule has 7 nitrogen and oxygen atoms in total. The van der Waals surface area contributed by atoms with Crippen LogP contribution in [0, 0.1) is 0 Å². The van der Waals surface area contributed by atoms with Gasteiger partial charge in [-0.05, 0) is 55.7 Å². The summed E-state index contributed by atoms with van der Waals surface area (Å²) in [5.74, 6) is -1.10. The molecular weight excluding hydrogens is 575 g/mol. The second-order valence-electron chi connectivity index (χ2n) is 9.13. The van der Waals surface area contributed by atoms with Crippen molar-refractivity contribution < 1.29 is 31.2 Å². The van der Waals surface area contributed by atoms with Gasteiger partial charge in [0.25, 0.3) is 0 Å². The Morgan fingerprint density at radius 1 is 1.11 bits per heavy atom. The smallest absolute Gasteiger partial charge is 0.352 e. The topological polar surface area (TPSA) is 86.8 Å². The third-order valence-electron chi connectivity index (χ3n) is 6.28. The number of amides is 2. The van der Waals surface area contributed by atoms with Crippen molar-refractivity contribution >= 4 is 43.5 Å². The summed E-state index contributed by atoms with van der Waals surface area (Å²) in [6.45, 7) is 0.791. The lowest BCUT2D eigenvalue weighted by Crippen LogP contribution is -2.52. The zero-order valence-corrected chi connectivity index (χ0v) is 22.9. The third kappa shape index (κ3) is 7.94. The van der Waals surface area contributed by atoms with Gasteiger partial charge in [0.05, 0.1) is 17.5 Å². The molecule has 0 heterocycles. The van der Waals surface area contributed by atoms with E-state index in [1.165, 1.54) is 11.0 Å². The molecule has 1 fully saturated rings. The van der Waals surface area contributed by atoms with Crippen LogP contribution >= 0.6 is 15.9 Å². The summed E-state index contributed by atoms with van der Waals surface area (Å²) in [5, 5.41) is 2.95. The summed E-state index contributed by atoms with van der Waals surface area (Å²) in [6, 6.07) is 9.90. The number of halogens is 4. The van der Waals surface area contributed by atoms with Crippen molar-refractivity contribution in [3.63, 3.8) is 0 Å². The number of carbonyl (C=O) groups excluding carboxylic acids is 2. The normalized spacial score (nSPS) is 15.3. The van der Waals surface area contributed by atoms with Gasteiger partial charge in [0, 0.05) is 17.1 Å². The molecule has 12 heteroatoms. The van der Waals surface area contributed by atoms with Crippen LogP contribution < -0.4 is 9.62 Å². The molecule has 1 saturated carbocycles. The monoisotopic (exact) mass is 603 g/mol. The largest absolute Gasteiger partial charge is 0.416 e. The van der Waals surface area contributed by atoms with E-state index in [1.807, 2.05) is 0 Å². The van der Waals surface area contributed by atoms with Crippen LogP contribution in [0.25, 0.3) is 0 Å². The molecule has 0 saturated heterocycles. The summed E-state index contributed by atoms with van der Waals surface area (Å²) >= 11 is 3.34. The van der Waals surface area contributed by atoms with Gasteiger partial charge in [-0.15, -0.1) is 0 Å². The van der Waals surface area contributed by atoms with E-state index >= 15 is 0 Å². The average Bonchev–Trinajstić information content (AvgIpc) is 3.33. The van der Waals surface area contributed by atoms with Crippen molar-refractivity contribution in [3.8, 4) is 0 Å².